The molecule has 1 aromatic rings. The molecule has 1 unspecified atom stereocenters. The summed E-state index contributed by atoms with van der Waals surface area (Å²) in [4.78, 5) is 24.3. The molecule has 6 heteroatoms. The van der Waals surface area contributed by atoms with E-state index >= 15 is 0 Å². The lowest BCUT2D eigenvalue weighted by atomic mass is 10.2. The first-order valence-electron chi connectivity index (χ1n) is 4.83. The summed E-state index contributed by atoms with van der Waals surface area (Å²) in [6, 6.07) is 1.03. The molecule has 1 atom stereocenters. The third-order valence-electron chi connectivity index (χ3n) is 2.52. The van der Waals surface area contributed by atoms with Gasteiger partial charge in [-0.2, -0.15) is 0 Å². The number of carboxylic acids is 1. The maximum Gasteiger partial charge on any atom is 0.332 e. The van der Waals surface area contributed by atoms with E-state index in [0.29, 0.717) is 11.3 Å². The topological polar surface area (TPSA) is 57.6 Å². The van der Waals surface area contributed by atoms with Crippen LogP contribution >= 0.6 is 27.3 Å². The molecule has 0 saturated heterocycles. The fraction of sp³-hybridized carbons (Fsp3) is 0.400. The monoisotopic (exact) mass is 303 g/mol. The van der Waals surface area contributed by atoms with Gasteiger partial charge in [-0.1, -0.05) is 0 Å². The Kier molecular flexibility index (Phi) is 3.30. The number of carboxylic acid groups (broad SMARTS) is 1. The van der Waals surface area contributed by atoms with Crippen molar-refractivity contribution in [2.75, 3.05) is 0 Å². The maximum atomic E-state index is 11.3. The van der Waals surface area contributed by atoms with E-state index in [0.717, 1.165) is 17.3 Å². The van der Waals surface area contributed by atoms with Gasteiger partial charge >= 0.3 is 5.97 Å². The van der Waals surface area contributed by atoms with Crippen LogP contribution in [0, 0.1) is 0 Å². The van der Waals surface area contributed by atoms with Crippen molar-refractivity contribution in [3.05, 3.63) is 20.8 Å². The predicted molar refractivity (Wildman–Crippen MR) is 63.3 cm³/mol. The molecule has 16 heavy (non-hydrogen) atoms. The summed E-state index contributed by atoms with van der Waals surface area (Å²) >= 11 is 4.65. The third kappa shape index (κ3) is 2.12. The molecule has 0 aliphatic heterocycles. The molecule has 0 spiro atoms. The summed E-state index contributed by atoms with van der Waals surface area (Å²) in [6.45, 7) is 0. The van der Waals surface area contributed by atoms with Gasteiger partial charge in [-0.05, 0) is 40.2 Å². The van der Waals surface area contributed by atoms with Gasteiger partial charge in [0.2, 0.25) is 6.41 Å². The van der Waals surface area contributed by atoms with Crippen LogP contribution in [0.3, 0.4) is 0 Å². The number of halogens is 1. The van der Waals surface area contributed by atoms with Gasteiger partial charge in [0, 0.05) is 10.5 Å². The highest BCUT2D eigenvalue weighted by atomic mass is 79.9. The Balaban J connectivity index is 2.32. The summed E-state index contributed by atoms with van der Waals surface area (Å²) in [7, 11) is 0. The van der Waals surface area contributed by atoms with Crippen LogP contribution in [0.4, 0.5) is 0 Å². The molecule has 1 aromatic heterocycles. The van der Waals surface area contributed by atoms with E-state index < -0.39 is 12.0 Å². The van der Waals surface area contributed by atoms with Crippen LogP contribution in [0.2, 0.25) is 0 Å². The van der Waals surface area contributed by atoms with Crippen molar-refractivity contribution in [2.24, 2.45) is 0 Å². The van der Waals surface area contributed by atoms with Gasteiger partial charge in [-0.15, -0.1) is 11.3 Å². The van der Waals surface area contributed by atoms with Crippen molar-refractivity contribution in [3.8, 4) is 0 Å². The number of carbonyl (C=O) groups is 2. The highest BCUT2D eigenvalue weighted by Gasteiger charge is 2.38. The van der Waals surface area contributed by atoms with Gasteiger partial charge in [-0.25, -0.2) is 4.79 Å². The lowest BCUT2D eigenvalue weighted by Gasteiger charge is -2.24. The second-order valence-corrected chi connectivity index (χ2v) is 5.46. The summed E-state index contributed by atoms with van der Waals surface area (Å²) in [5, 5.41) is 11.0. The molecule has 0 bridgehead atoms. The van der Waals surface area contributed by atoms with E-state index in [-0.39, 0.29) is 6.04 Å². The van der Waals surface area contributed by atoms with Crippen LogP contribution in [0.1, 0.15) is 23.8 Å². The van der Waals surface area contributed by atoms with E-state index in [9.17, 15) is 14.7 Å². The Morgan fingerprint density at radius 1 is 1.69 bits per heavy atom. The first kappa shape index (κ1) is 11.6. The van der Waals surface area contributed by atoms with Crippen LogP contribution in [0.5, 0.6) is 0 Å². The molecule has 2 rings (SSSR count). The molecule has 1 N–H and O–H groups in total. The van der Waals surface area contributed by atoms with Gasteiger partial charge in [0.25, 0.3) is 0 Å². The van der Waals surface area contributed by atoms with Gasteiger partial charge < -0.3 is 10.0 Å². The number of nitrogens with zero attached hydrogens (tertiary/aromatic N) is 1. The lowest BCUT2D eigenvalue weighted by Crippen LogP contribution is -2.34. The predicted octanol–water partition coefficient (Wildman–Crippen LogP) is 2.26. The second-order valence-electron chi connectivity index (χ2n) is 3.66. The number of carbonyl (C=O) groups excluding carboxylic acids is 1. The van der Waals surface area contributed by atoms with Crippen LogP contribution in [0.25, 0.3) is 0 Å². The SMILES string of the molecule is O=CN(C1CC1)C(C(=O)O)c1sccc1Br. The van der Waals surface area contributed by atoms with E-state index in [1.54, 1.807) is 6.07 Å². The molecule has 1 amide bonds. The number of aliphatic carboxylic acids is 1. The van der Waals surface area contributed by atoms with E-state index in [1.807, 2.05) is 5.38 Å². The quantitative estimate of drug-likeness (QED) is 0.849. The van der Waals surface area contributed by atoms with Crippen LogP contribution in [-0.2, 0) is 9.59 Å². The highest BCUT2D eigenvalue weighted by Crippen LogP contribution is 2.38. The molecule has 1 aliphatic carbocycles. The summed E-state index contributed by atoms with van der Waals surface area (Å²) in [6.07, 6.45) is 2.43. The molecular weight excluding hydrogens is 294 g/mol. The van der Waals surface area contributed by atoms with Gasteiger partial charge in [-0.3, -0.25) is 4.79 Å². The summed E-state index contributed by atoms with van der Waals surface area (Å²) < 4.78 is 0.748. The summed E-state index contributed by atoms with van der Waals surface area (Å²) in [5.74, 6) is -0.984. The second kappa shape index (κ2) is 4.55. The number of thiophene rings is 1. The zero-order valence-corrected chi connectivity index (χ0v) is 10.7. The molecule has 1 saturated carbocycles. The normalized spacial score (nSPS) is 16.8. The van der Waals surface area contributed by atoms with Crippen molar-refractivity contribution < 1.29 is 14.7 Å². The largest absolute Gasteiger partial charge is 0.479 e. The third-order valence-corrected chi connectivity index (χ3v) is 4.44. The first-order valence-corrected chi connectivity index (χ1v) is 6.51. The smallest absolute Gasteiger partial charge is 0.332 e. The standard InChI is InChI=1S/C10H10BrNO3S/c11-7-3-4-16-9(7)8(10(14)15)12(5-13)6-1-2-6/h3-6,8H,1-2H2,(H,14,15). The van der Waals surface area contributed by atoms with Crippen molar-refractivity contribution in [1.29, 1.82) is 0 Å². The minimum Gasteiger partial charge on any atom is -0.479 e. The molecule has 1 fully saturated rings. The van der Waals surface area contributed by atoms with E-state index in [1.165, 1.54) is 16.2 Å². The Bertz CT molecular complexity index is 416. The highest BCUT2D eigenvalue weighted by molar-refractivity contribution is 9.10. The van der Waals surface area contributed by atoms with Crippen molar-refractivity contribution in [2.45, 2.75) is 24.9 Å². The molecule has 1 heterocycles. The zero-order chi connectivity index (χ0) is 11.7. The van der Waals surface area contributed by atoms with Gasteiger partial charge in [0.05, 0.1) is 4.88 Å². The summed E-state index contributed by atoms with van der Waals surface area (Å²) in [5.41, 5.74) is 0. The minimum atomic E-state index is -0.984. The Hall–Kier alpha value is -0.880. The fourth-order valence-electron chi connectivity index (χ4n) is 1.61. The number of hydrogen-bond acceptors (Lipinski definition) is 3. The van der Waals surface area contributed by atoms with E-state index in [4.69, 9.17) is 0 Å². The molecular formula is C10H10BrNO3S. The lowest BCUT2D eigenvalue weighted by molar-refractivity contribution is -0.147. The molecule has 1 aliphatic rings. The molecule has 0 radical (unpaired) electrons. The molecule has 4 nitrogen and oxygen atoms in total. The fourth-order valence-corrected chi connectivity index (χ4v) is 3.29. The first-order chi connectivity index (χ1) is 7.65. The molecule has 86 valence electrons. The average molecular weight is 304 g/mol. The zero-order valence-electron chi connectivity index (χ0n) is 8.30. The van der Waals surface area contributed by atoms with Crippen molar-refractivity contribution >= 4 is 39.6 Å². The Morgan fingerprint density at radius 2 is 2.38 bits per heavy atom. The number of hydrogen-bond donors (Lipinski definition) is 1. The van der Waals surface area contributed by atoms with Crippen LogP contribution in [0.15, 0.2) is 15.9 Å². The Morgan fingerprint density at radius 3 is 2.75 bits per heavy atom. The van der Waals surface area contributed by atoms with Gasteiger partial charge in [0.1, 0.15) is 0 Å². The number of rotatable bonds is 5. The average Bonchev–Trinajstić information content (AvgIpc) is 2.99. The maximum absolute atomic E-state index is 11.3. The minimum absolute atomic E-state index is 0.0904. The van der Waals surface area contributed by atoms with E-state index in [2.05, 4.69) is 15.9 Å². The Labute approximate surface area is 105 Å². The molecule has 0 aromatic carbocycles. The number of amides is 1. The van der Waals surface area contributed by atoms with Crippen molar-refractivity contribution in [3.63, 3.8) is 0 Å². The van der Waals surface area contributed by atoms with Gasteiger partial charge in [0.15, 0.2) is 6.04 Å². The van der Waals surface area contributed by atoms with Crippen molar-refractivity contribution in [1.82, 2.24) is 4.90 Å². The van der Waals surface area contributed by atoms with Crippen LogP contribution in [-0.4, -0.2) is 28.4 Å². The van der Waals surface area contributed by atoms with Crippen LogP contribution < -0.4 is 0 Å².